The van der Waals surface area contributed by atoms with Gasteiger partial charge in [0.1, 0.15) is 17.7 Å². The van der Waals surface area contributed by atoms with E-state index in [0.717, 1.165) is 31.2 Å². The predicted molar refractivity (Wildman–Crippen MR) is 112 cm³/mol. The summed E-state index contributed by atoms with van der Waals surface area (Å²) in [4.78, 5) is 27.5. The van der Waals surface area contributed by atoms with Gasteiger partial charge in [0.05, 0.1) is 0 Å². The minimum atomic E-state index is -0.871. The number of nitrogens with one attached hydrogen (secondary N) is 1. The van der Waals surface area contributed by atoms with E-state index in [0.29, 0.717) is 5.56 Å². The van der Waals surface area contributed by atoms with Gasteiger partial charge in [0, 0.05) is 12.6 Å². The normalized spacial score (nSPS) is 15.5. The van der Waals surface area contributed by atoms with Crippen molar-refractivity contribution in [2.24, 2.45) is 0 Å². The second-order valence-corrected chi connectivity index (χ2v) is 7.71. The Kier molecular flexibility index (Phi) is 7.64. The number of alkyl halides is 1. The molecule has 2 aromatic carbocycles. The molecule has 1 atom stereocenters. The molecule has 0 spiro atoms. The molecule has 2 aromatic rings. The molecule has 0 aliphatic heterocycles. The Morgan fingerprint density at radius 1 is 1.03 bits per heavy atom. The molecular weight excluding hydrogens is 391 g/mol. The SMILES string of the molecule is O=C(NC1CCCCC1)[C@H](c1ccc(F)cc1)N(Cc1ccccc1)C(=O)CCl. The van der Waals surface area contributed by atoms with Gasteiger partial charge < -0.3 is 10.2 Å². The number of rotatable bonds is 7. The van der Waals surface area contributed by atoms with E-state index in [-0.39, 0.29) is 30.3 Å². The van der Waals surface area contributed by atoms with Gasteiger partial charge in [0.15, 0.2) is 0 Å². The van der Waals surface area contributed by atoms with Crippen molar-refractivity contribution < 1.29 is 14.0 Å². The fourth-order valence-electron chi connectivity index (χ4n) is 3.83. The van der Waals surface area contributed by atoms with Crippen molar-refractivity contribution in [2.45, 2.75) is 50.7 Å². The summed E-state index contributed by atoms with van der Waals surface area (Å²) in [6.45, 7) is 0.243. The third kappa shape index (κ3) is 5.80. The molecular formula is C23H26ClFN2O2. The lowest BCUT2D eigenvalue weighted by Crippen LogP contribution is -2.47. The van der Waals surface area contributed by atoms with Gasteiger partial charge in [-0.3, -0.25) is 9.59 Å². The zero-order valence-corrected chi connectivity index (χ0v) is 17.1. The Morgan fingerprint density at radius 3 is 2.31 bits per heavy atom. The molecule has 29 heavy (non-hydrogen) atoms. The van der Waals surface area contributed by atoms with Gasteiger partial charge in [0.2, 0.25) is 11.8 Å². The zero-order chi connectivity index (χ0) is 20.6. The number of nitrogens with zero attached hydrogens (tertiary/aromatic N) is 1. The van der Waals surface area contributed by atoms with Crippen molar-refractivity contribution in [3.05, 3.63) is 71.5 Å². The predicted octanol–water partition coefficient (Wildman–Crippen LogP) is 4.58. The monoisotopic (exact) mass is 416 g/mol. The fourth-order valence-corrected chi connectivity index (χ4v) is 3.98. The molecule has 1 aliphatic rings. The molecule has 1 N–H and O–H groups in total. The van der Waals surface area contributed by atoms with Crippen LogP contribution in [-0.4, -0.2) is 28.6 Å². The van der Waals surface area contributed by atoms with Crippen molar-refractivity contribution in [3.63, 3.8) is 0 Å². The van der Waals surface area contributed by atoms with Crippen LogP contribution in [0.25, 0.3) is 0 Å². The van der Waals surface area contributed by atoms with Gasteiger partial charge in [-0.1, -0.05) is 61.7 Å². The number of carbonyl (C=O) groups is 2. The van der Waals surface area contributed by atoms with Crippen molar-refractivity contribution in [1.82, 2.24) is 10.2 Å². The van der Waals surface area contributed by atoms with E-state index >= 15 is 0 Å². The average Bonchev–Trinajstić information content (AvgIpc) is 2.75. The van der Waals surface area contributed by atoms with Gasteiger partial charge in [0.25, 0.3) is 0 Å². The molecule has 1 fully saturated rings. The summed E-state index contributed by atoms with van der Waals surface area (Å²) in [7, 11) is 0. The highest BCUT2D eigenvalue weighted by Crippen LogP contribution is 2.26. The maximum atomic E-state index is 13.5. The third-order valence-corrected chi connectivity index (χ3v) is 5.56. The van der Waals surface area contributed by atoms with Crippen LogP contribution in [0.3, 0.4) is 0 Å². The first-order chi connectivity index (χ1) is 14.1. The number of halogens is 2. The summed E-state index contributed by atoms with van der Waals surface area (Å²) < 4.78 is 13.5. The molecule has 6 heteroatoms. The second-order valence-electron chi connectivity index (χ2n) is 7.44. The maximum absolute atomic E-state index is 13.5. The smallest absolute Gasteiger partial charge is 0.247 e. The lowest BCUT2D eigenvalue weighted by Gasteiger charge is -2.33. The quantitative estimate of drug-likeness (QED) is 0.671. The Labute approximate surface area is 176 Å². The van der Waals surface area contributed by atoms with Crippen LogP contribution >= 0.6 is 11.6 Å². The largest absolute Gasteiger partial charge is 0.351 e. The minimum absolute atomic E-state index is 0.101. The van der Waals surface area contributed by atoms with Crippen molar-refractivity contribution in [3.8, 4) is 0 Å². The van der Waals surface area contributed by atoms with Crippen molar-refractivity contribution in [1.29, 1.82) is 0 Å². The number of hydrogen-bond donors (Lipinski definition) is 1. The average molecular weight is 417 g/mol. The summed E-state index contributed by atoms with van der Waals surface area (Å²) in [5.74, 6) is -1.22. The van der Waals surface area contributed by atoms with Gasteiger partial charge in [-0.25, -0.2) is 4.39 Å². The highest BCUT2D eigenvalue weighted by atomic mass is 35.5. The van der Waals surface area contributed by atoms with Crippen LogP contribution in [0.2, 0.25) is 0 Å². The highest BCUT2D eigenvalue weighted by Gasteiger charge is 2.32. The van der Waals surface area contributed by atoms with Crippen LogP contribution in [-0.2, 0) is 16.1 Å². The van der Waals surface area contributed by atoms with E-state index in [1.54, 1.807) is 12.1 Å². The van der Waals surface area contributed by atoms with E-state index < -0.39 is 11.9 Å². The standard InChI is InChI=1S/C23H26ClFN2O2/c24-15-21(28)27(16-17-7-3-1-4-8-17)22(18-11-13-19(25)14-12-18)23(29)26-20-9-5-2-6-10-20/h1,3-4,7-8,11-14,20,22H,2,5-6,9-10,15-16H2,(H,26,29)/t22-/m0/s1. The first-order valence-electron chi connectivity index (χ1n) is 10.0. The van der Waals surface area contributed by atoms with Crippen LogP contribution in [0.4, 0.5) is 4.39 Å². The number of benzene rings is 2. The molecule has 1 saturated carbocycles. The van der Waals surface area contributed by atoms with Crippen LogP contribution in [0.1, 0.15) is 49.3 Å². The van der Waals surface area contributed by atoms with Crippen LogP contribution < -0.4 is 5.32 Å². The van der Waals surface area contributed by atoms with E-state index in [1.807, 2.05) is 30.3 Å². The molecule has 2 amide bonds. The molecule has 0 unspecified atom stereocenters. The summed E-state index contributed by atoms with van der Waals surface area (Å²) in [6.07, 6.45) is 5.22. The van der Waals surface area contributed by atoms with Gasteiger partial charge in [-0.2, -0.15) is 0 Å². The van der Waals surface area contributed by atoms with Gasteiger partial charge in [-0.05, 0) is 36.1 Å². The van der Waals surface area contributed by atoms with Crippen molar-refractivity contribution >= 4 is 23.4 Å². The molecule has 3 rings (SSSR count). The Bertz CT molecular complexity index is 807. The molecule has 0 bridgehead atoms. The molecule has 4 nitrogen and oxygen atoms in total. The summed E-state index contributed by atoms with van der Waals surface area (Å²) >= 11 is 5.88. The Hall–Kier alpha value is -2.40. The maximum Gasteiger partial charge on any atom is 0.247 e. The second kappa shape index (κ2) is 10.4. The van der Waals surface area contributed by atoms with E-state index in [9.17, 15) is 14.0 Å². The van der Waals surface area contributed by atoms with Crippen molar-refractivity contribution in [2.75, 3.05) is 5.88 Å². The molecule has 0 heterocycles. The summed E-state index contributed by atoms with van der Waals surface area (Å²) in [5.41, 5.74) is 1.46. The first kappa shape index (κ1) is 21.3. The molecule has 154 valence electrons. The van der Waals surface area contributed by atoms with Gasteiger partial charge >= 0.3 is 0 Å². The van der Waals surface area contributed by atoms with Crippen LogP contribution in [0.15, 0.2) is 54.6 Å². The lowest BCUT2D eigenvalue weighted by molar-refractivity contribution is -0.140. The lowest BCUT2D eigenvalue weighted by atomic mass is 9.94. The topological polar surface area (TPSA) is 49.4 Å². The highest BCUT2D eigenvalue weighted by molar-refractivity contribution is 6.27. The number of carbonyl (C=O) groups excluding carboxylic acids is 2. The van der Waals surface area contributed by atoms with E-state index in [1.165, 1.54) is 23.5 Å². The molecule has 1 aliphatic carbocycles. The van der Waals surface area contributed by atoms with E-state index in [4.69, 9.17) is 11.6 Å². The third-order valence-electron chi connectivity index (χ3n) is 5.33. The van der Waals surface area contributed by atoms with Crippen LogP contribution in [0, 0.1) is 5.82 Å². The van der Waals surface area contributed by atoms with Crippen LogP contribution in [0.5, 0.6) is 0 Å². The van der Waals surface area contributed by atoms with Gasteiger partial charge in [-0.15, -0.1) is 11.6 Å². The van der Waals surface area contributed by atoms with E-state index in [2.05, 4.69) is 5.32 Å². The molecule has 0 saturated heterocycles. The zero-order valence-electron chi connectivity index (χ0n) is 16.3. The first-order valence-corrected chi connectivity index (χ1v) is 10.6. The Morgan fingerprint density at radius 2 is 1.69 bits per heavy atom. The fraction of sp³-hybridized carbons (Fsp3) is 0.391. The Balaban J connectivity index is 1.92. The number of amides is 2. The molecule has 0 aromatic heterocycles. The molecule has 0 radical (unpaired) electrons. The summed E-state index contributed by atoms with van der Waals surface area (Å²) in [5, 5.41) is 3.11. The number of hydrogen-bond acceptors (Lipinski definition) is 2. The summed E-state index contributed by atoms with van der Waals surface area (Å²) in [6, 6.07) is 14.4. The minimum Gasteiger partial charge on any atom is -0.351 e.